The molecule has 0 aliphatic heterocycles. The van der Waals surface area contributed by atoms with Crippen molar-refractivity contribution in [3.05, 3.63) is 65.6 Å². The van der Waals surface area contributed by atoms with Gasteiger partial charge in [-0.1, -0.05) is 13.8 Å². The molecule has 7 nitrogen and oxygen atoms in total. The topological polar surface area (TPSA) is 99.4 Å². The van der Waals surface area contributed by atoms with Crippen molar-refractivity contribution >= 4 is 26.1 Å². The number of aromatic nitrogens is 2. The number of nitrogens with one attached hydrogen (secondary N) is 1. The Morgan fingerprint density at radius 1 is 1.15 bits per heavy atom. The Hall–Kier alpha value is -3.00. The van der Waals surface area contributed by atoms with Crippen LogP contribution in [0, 0.1) is 23.5 Å². The molecule has 0 saturated heterocycles. The van der Waals surface area contributed by atoms with Gasteiger partial charge in [-0.15, -0.1) is 9.24 Å². The first kappa shape index (κ1) is 29.0. The van der Waals surface area contributed by atoms with Crippen LogP contribution in [0.3, 0.4) is 0 Å². The maximum Gasteiger partial charge on any atom is 0.274 e. The molecule has 0 spiro atoms. The van der Waals surface area contributed by atoms with Crippen LogP contribution in [0.4, 0.5) is 14.5 Å². The van der Waals surface area contributed by atoms with E-state index in [2.05, 4.69) is 38.4 Å². The molecule has 1 amide bonds. The third-order valence-electron chi connectivity index (χ3n) is 7.50. The molecule has 1 aliphatic rings. The summed E-state index contributed by atoms with van der Waals surface area (Å²) >= 11 is 0. The van der Waals surface area contributed by atoms with Gasteiger partial charge >= 0.3 is 0 Å². The van der Waals surface area contributed by atoms with Gasteiger partial charge in [-0.3, -0.25) is 9.78 Å². The lowest BCUT2D eigenvalue weighted by molar-refractivity contribution is 0.102. The fourth-order valence-corrected chi connectivity index (χ4v) is 5.54. The maximum atomic E-state index is 15.1. The molecular weight excluding hydrogens is 521 g/mol. The molecule has 1 aliphatic carbocycles. The van der Waals surface area contributed by atoms with Crippen molar-refractivity contribution in [2.24, 2.45) is 17.6 Å². The Kier molecular flexibility index (Phi) is 9.59. The number of carbonyl (C=O) groups is 1. The highest BCUT2D eigenvalue weighted by Crippen LogP contribution is 2.41. The number of halogens is 2. The zero-order valence-electron chi connectivity index (χ0n) is 22.4. The van der Waals surface area contributed by atoms with Gasteiger partial charge in [0.2, 0.25) is 0 Å². The van der Waals surface area contributed by atoms with Gasteiger partial charge in [-0.25, -0.2) is 13.8 Å². The predicted octanol–water partition coefficient (Wildman–Crippen LogP) is 5.07. The van der Waals surface area contributed by atoms with Gasteiger partial charge in [-0.05, 0) is 65.7 Å². The average molecular weight is 557 g/mol. The minimum atomic E-state index is -0.746. The third kappa shape index (κ3) is 6.78. The predicted molar refractivity (Wildman–Crippen MR) is 151 cm³/mol. The summed E-state index contributed by atoms with van der Waals surface area (Å²) in [6, 6.07) is 7.12. The van der Waals surface area contributed by atoms with Crippen molar-refractivity contribution in [3.8, 4) is 17.0 Å². The van der Waals surface area contributed by atoms with Gasteiger partial charge in [0.05, 0.1) is 18.5 Å². The zero-order valence-corrected chi connectivity index (χ0v) is 23.6. The lowest BCUT2D eigenvalue weighted by atomic mass is 9.71. The van der Waals surface area contributed by atoms with Crippen LogP contribution in [-0.4, -0.2) is 42.2 Å². The van der Waals surface area contributed by atoms with Crippen molar-refractivity contribution in [1.29, 1.82) is 0 Å². The number of methoxy groups -OCH3 is 1. The van der Waals surface area contributed by atoms with Crippen molar-refractivity contribution < 1.29 is 23.0 Å². The van der Waals surface area contributed by atoms with Crippen LogP contribution in [0.5, 0.6) is 5.75 Å². The van der Waals surface area contributed by atoms with E-state index in [9.17, 15) is 9.18 Å². The lowest BCUT2D eigenvalue weighted by Crippen LogP contribution is -2.39. The van der Waals surface area contributed by atoms with Crippen LogP contribution in [0.1, 0.15) is 55.1 Å². The van der Waals surface area contributed by atoms with Crippen molar-refractivity contribution in [1.82, 2.24) is 9.97 Å². The molecule has 3 aromatic rings. The second kappa shape index (κ2) is 12.9. The fraction of sp³-hybridized carbons (Fsp3) is 0.414. The highest BCUT2D eigenvalue weighted by molar-refractivity contribution is 7.28. The molecule has 208 valence electrons. The van der Waals surface area contributed by atoms with E-state index in [1.807, 2.05) is 6.07 Å². The molecule has 2 aromatic heterocycles. The summed E-state index contributed by atoms with van der Waals surface area (Å²) in [7, 11) is 3.97. The Morgan fingerprint density at radius 2 is 1.95 bits per heavy atom. The van der Waals surface area contributed by atoms with Gasteiger partial charge in [0, 0.05) is 44.0 Å². The van der Waals surface area contributed by atoms with E-state index < -0.39 is 17.5 Å². The fourth-order valence-electron chi connectivity index (χ4n) is 5.10. The molecule has 39 heavy (non-hydrogen) atoms. The standard InChI is InChI=1S/C29H35F2N4O3P/c1-16-11-18(12-23(32)17(16)2)20-7-8-33-15-25(20)35-29(36)24-6-5-21(30)28(34-24)27-22(31)13-19(14-26(27)39)38-10-4-9-37-3/h5-8,13-18,23H,4,9-12,32,39H2,1-3H3,(H,35,36)/t16-,17-,18+,23+/m0/s1. The first-order valence-corrected chi connectivity index (χ1v) is 13.7. The first-order valence-electron chi connectivity index (χ1n) is 13.1. The number of pyridine rings is 2. The van der Waals surface area contributed by atoms with E-state index >= 15 is 4.39 Å². The monoisotopic (exact) mass is 556 g/mol. The van der Waals surface area contributed by atoms with Gasteiger partial charge in [0.1, 0.15) is 28.8 Å². The van der Waals surface area contributed by atoms with Crippen LogP contribution < -0.4 is 21.1 Å². The van der Waals surface area contributed by atoms with E-state index in [1.165, 1.54) is 12.1 Å². The van der Waals surface area contributed by atoms with Crippen LogP contribution in [0.25, 0.3) is 11.3 Å². The summed E-state index contributed by atoms with van der Waals surface area (Å²) in [5, 5.41) is 3.23. The molecule has 0 bridgehead atoms. The summed E-state index contributed by atoms with van der Waals surface area (Å²) in [5.41, 5.74) is 7.54. The first-order chi connectivity index (χ1) is 18.7. The lowest BCUT2D eigenvalue weighted by Gasteiger charge is -2.37. The number of hydrogen-bond acceptors (Lipinski definition) is 6. The number of nitrogens with zero attached hydrogens (tertiary/aromatic N) is 2. The molecule has 1 unspecified atom stereocenters. The van der Waals surface area contributed by atoms with E-state index in [4.69, 9.17) is 15.2 Å². The smallest absolute Gasteiger partial charge is 0.274 e. The zero-order chi connectivity index (χ0) is 28.1. The van der Waals surface area contributed by atoms with E-state index in [0.29, 0.717) is 48.2 Å². The highest BCUT2D eigenvalue weighted by atomic mass is 31.0. The summed E-state index contributed by atoms with van der Waals surface area (Å²) in [6.45, 7) is 5.23. The maximum absolute atomic E-state index is 15.1. The average Bonchev–Trinajstić information content (AvgIpc) is 2.90. The Balaban J connectivity index is 1.57. The number of carbonyl (C=O) groups excluding carboxylic acids is 1. The molecule has 1 fully saturated rings. The molecule has 2 heterocycles. The second-order valence-electron chi connectivity index (χ2n) is 10.2. The van der Waals surface area contributed by atoms with E-state index in [0.717, 1.165) is 24.5 Å². The molecule has 5 atom stereocenters. The third-order valence-corrected chi connectivity index (χ3v) is 7.96. The number of ether oxygens (including phenoxy) is 2. The minimum Gasteiger partial charge on any atom is -0.493 e. The molecule has 1 aromatic carbocycles. The number of rotatable bonds is 9. The summed E-state index contributed by atoms with van der Waals surface area (Å²) in [4.78, 5) is 21.6. The molecule has 4 rings (SSSR count). The molecular formula is C29H35F2N4O3P. The van der Waals surface area contributed by atoms with Crippen LogP contribution >= 0.6 is 9.24 Å². The molecule has 10 heteroatoms. The van der Waals surface area contributed by atoms with Crippen LogP contribution in [0.2, 0.25) is 0 Å². The normalized spacial score (nSPS) is 21.0. The molecule has 0 radical (unpaired) electrons. The molecule has 3 N–H and O–H groups in total. The van der Waals surface area contributed by atoms with Crippen molar-refractivity contribution in [2.45, 2.75) is 45.1 Å². The van der Waals surface area contributed by atoms with E-state index in [1.54, 1.807) is 25.6 Å². The number of anilines is 1. The van der Waals surface area contributed by atoms with Crippen LogP contribution in [0.15, 0.2) is 42.7 Å². The second-order valence-corrected chi connectivity index (χ2v) is 10.8. The SMILES string of the molecule is COCCCOc1cc(F)c(-c2nc(C(=O)Nc3cnccc3[C@H]3C[C@@H](N)[C@@H](C)[C@@H](C)C3)ccc2F)c(P)c1. The van der Waals surface area contributed by atoms with E-state index in [-0.39, 0.29) is 28.9 Å². The van der Waals surface area contributed by atoms with Crippen molar-refractivity contribution in [2.75, 3.05) is 25.6 Å². The Labute approximate surface area is 230 Å². The largest absolute Gasteiger partial charge is 0.493 e. The van der Waals surface area contributed by atoms with Gasteiger partial charge in [-0.2, -0.15) is 0 Å². The quantitative estimate of drug-likeness (QED) is 0.282. The summed E-state index contributed by atoms with van der Waals surface area (Å²) in [6.07, 6.45) is 5.69. The van der Waals surface area contributed by atoms with Gasteiger partial charge in [0.25, 0.3) is 5.91 Å². The number of amides is 1. The summed E-state index contributed by atoms with van der Waals surface area (Å²) < 4.78 is 40.6. The Bertz CT molecular complexity index is 1290. The number of hydrogen-bond donors (Lipinski definition) is 2. The minimum absolute atomic E-state index is 0.0489. The van der Waals surface area contributed by atoms with Crippen molar-refractivity contribution in [3.63, 3.8) is 0 Å². The Morgan fingerprint density at radius 3 is 2.67 bits per heavy atom. The number of nitrogens with two attached hydrogens (primary N) is 1. The highest BCUT2D eigenvalue weighted by Gasteiger charge is 2.32. The summed E-state index contributed by atoms with van der Waals surface area (Å²) in [5.74, 6) is -0.664. The van der Waals surface area contributed by atoms with Gasteiger partial charge < -0.3 is 20.5 Å². The van der Waals surface area contributed by atoms with Gasteiger partial charge in [0.15, 0.2) is 0 Å². The molecule has 1 saturated carbocycles. The van der Waals surface area contributed by atoms with Crippen LogP contribution in [-0.2, 0) is 4.74 Å². The number of benzene rings is 1.